The predicted octanol–water partition coefficient (Wildman–Crippen LogP) is 2.75. The van der Waals surface area contributed by atoms with Crippen LogP contribution in [-0.2, 0) is 4.79 Å². The molecular formula is C14H25NO2. The van der Waals surface area contributed by atoms with E-state index in [9.17, 15) is 4.79 Å². The molecule has 17 heavy (non-hydrogen) atoms. The van der Waals surface area contributed by atoms with E-state index in [2.05, 4.69) is 18.7 Å². The molecule has 2 atom stereocenters. The van der Waals surface area contributed by atoms with Crippen molar-refractivity contribution in [2.24, 2.45) is 11.3 Å². The third-order valence-electron chi connectivity index (χ3n) is 4.50. The number of carboxylic acid groups (broad SMARTS) is 1. The van der Waals surface area contributed by atoms with E-state index in [0.717, 1.165) is 25.9 Å². The maximum absolute atomic E-state index is 11.1. The van der Waals surface area contributed by atoms with Gasteiger partial charge in [0.25, 0.3) is 0 Å². The Morgan fingerprint density at radius 3 is 2.71 bits per heavy atom. The lowest BCUT2D eigenvalue weighted by molar-refractivity contribution is -0.144. The summed E-state index contributed by atoms with van der Waals surface area (Å²) < 4.78 is 0. The summed E-state index contributed by atoms with van der Waals surface area (Å²) >= 11 is 0. The number of hydrogen-bond donors (Lipinski definition) is 1. The van der Waals surface area contributed by atoms with Crippen molar-refractivity contribution >= 4 is 5.97 Å². The van der Waals surface area contributed by atoms with Crippen molar-refractivity contribution in [1.82, 2.24) is 4.90 Å². The summed E-state index contributed by atoms with van der Waals surface area (Å²) in [5, 5.41) is 9.13. The van der Waals surface area contributed by atoms with Crippen molar-refractivity contribution in [3.05, 3.63) is 0 Å². The highest BCUT2D eigenvalue weighted by molar-refractivity contribution is 5.70. The molecule has 0 spiro atoms. The molecule has 0 aromatic rings. The lowest BCUT2D eigenvalue weighted by Crippen LogP contribution is -2.47. The van der Waals surface area contributed by atoms with Crippen LogP contribution >= 0.6 is 0 Å². The standard InChI is InChI=1S/C14H25NO2/c1-14(2)7-3-6-12(9-14)15-8-4-5-11(10-15)13(16)17/h11-12H,3-10H2,1-2H3,(H,16,17). The summed E-state index contributed by atoms with van der Waals surface area (Å²) in [5.74, 6) is -0.737. The number of nitrogens with zero attached hydrogens (tertiary/aromatic N) is 1. The van der Waals surface area contributed by atoms with E-state index >= 15 is 0 Å². The first-order valence-corrected chi connectivity index (χ1v) is 6.95. The topological polar surface area (TPSA) is 40.5 Å². The Morgan fingerprint density at radius 1 is 1.29 bits per heavy atom. The van der Waals surface area contributed by atoms with Crippen LogP contribution < -0.4 is 0 Å². The zero-order chi connectivity index (χ0) is 12.5. The van der Waals surface area contributed by atoms with Gasteiger partial charge in [-0.2, -0.15) is 0 Å². The van der Waals surface area contributed by atoms with Crippen LogP contribution in [0.25, 0.3) is 0 Å². The molecule has 98 valence electrons. The molecule has 3 nitrogen and oxygen atoms in total. The van der Waals surface area contributed by atoms with E-state index in [1.165, 1.54) is 25.7 Å². The molecule has 2 unspecified atom stereocenters. The van der Waals surface area contributed by atoms with Crippen LogP contribution in [0, 0.1) is 11.3 Å². The molecule has 0 aromatic heterocycles. The second-order valence-electron chi connectivity index (χ2n) is 6.59. The highest BCUT2D eigenvalue weighted by atomic mass is 16.4. The van der Waals surface area contributed by atoms with Crippen LogP contribution in [0.15, 0.2) is 0 Å². The van der Waals surface area contributed by atoms with Gasteiger partial charge in [0.15, 0.2) is 0 Å². The van der Waals surface area contributed by atoms with Gasteiger partial charge >= 0.3 is 5.97 Å². The number of likely N-dealkylation sites (tertiary alicyclic amines) is 1. The predicted molar refractivity (Wildman–Crippen MR) is 68.0 cm³/mol. The molecule has 1 aliphatic heterocycles. The van der Waals surface area contributed by atoms with Crippen molar-refractivity contribution in [2.75, 3.05) is 13.1 Å². The van der Waals surface area contributed by atoms with Crippen LogP contribution in [0.2, 0.25) is 0 Å². The molecule has 1 aliphatic carbocycles. The van der Waals surface area contributed by atoms with E-state index in [4.69, 9.17) is 5.11 Å². The van der Waals surface area contributed by atoms with Crippen LogP contribution in [0.1, 0.15) is 52.4 Å². The molecule has 2 rings (SSSR count). The lowest BCUT2D eigenvalue weighted by atomic mass is 9.74. The zero-order valence-electron chi connectivity index (χ0n) is 11.1. The first kappa shape index (κ1) is 12.9. The number of rotatable bonds is 2. The monoisotopic (exact) mass is 239 g/mol. The van der Waals surface area contributed by atoms with E-state index < -0.39 is 5.97 Å². The fourth-order valence-electron chi connectivity index (χ4n) is 3.51. The molecule has 2 fully saturated rings. The smallest absolute Gasteiger partial charge is 0.307 e. The van der Waals surface area contributed by atoms with Gasteiger partial charge in [-0.15, -0.1) is 0 Å². The number of aliphatic carboxylic acids is 1. The Morgan fingerprint density at radius 2 is 2.06 bits per heavy atom. The molecule has 1 heterocycles. The summed E-state index contributed by atoms with van der Waals surface area (Å²) in [7, 11) is 0. The van der Waals surface area contributed by atoms with Crippen molar-refractivity contribution in [1.29, 1.82) is 0 Å². The largest absolute Gasteiger partial charge is 0.481 e. The molecule has 1 N–H and O–H groups in total. The quantitative estimate of drug-likeness (QED) is 0.805. The van der Waals surface area contributed by atoms with E-state index in [1.54, 1.807) is 0 Å². The Hall–Kier alpha value is -0.570. The fraction of sp³-hybridized carbons (Fsp3) is 0.929. The maximum Gasteiger partial charge on any atom is 0.307 e. The number of carboxylic acids is 1. The van der Waals surface area contributed by atoms with Gasteiger partial charge in [0.2, 0.25) is 0 Å². The molecule has 2 aliphatic rings. The first-order chi connectivity index (χ1) is 7.98. The molecule has 0 amide bonds. The molecule has 1 saturated heterocycles. The summed E-state index contributed by atoms with van der Waals surface area (Å²) in [4.78, 5) is 13.5. The van der Waals surface area contributed by atoms with E-state index in [-0.39, 0.29) is 5.92 Å². The first-order valence-electron chi connectivity index (χ1n) is 6.95. The van der Waals surface area contributed by atoms with Crippen LogP contribution in [-0.4, -0.2) is 35.1 Å². The van der Waals surface area contributed by atoms with Crippen molar-refractivity contribution in [2.45, 2.75) is 58.4 Å². The molecule has 0 aromatic carbocycles. The highest BCUT2D eigenvalue weighted by Gasteiger charge is 2.34. The van der Waals surface area contributed by atoms with Crippen LogP contribution in [0.3, 0.4) is 0 Å². The van der Waals surface area contributed by atoms with Gasteiger partial charge < -0.3 is 5.11 Å². The summed E-state index contributed by atoms with van der Waals surface area (Å²) in [6, 6.07) is 0.626. The highest BCUT2D eigenvalue weighted by Crippen LogP contribution is 2.38. The van der Waals surface area contributed by atoms with Crippen molar-refractivity contribution in [3.8, 4) is 0 Å². The Bertz CT molecular complexity index is 288. The van der Waals surface area contributed by atoms with Crippen molar-refractivity contribution < 1.29 is 9.90 Å². The molecule has 0 radical (unpaired) electrons. The molecule has 3 heteroatoms. The van der Waals surface area contributed by atoms with Crippen LogP contribution in [0.4, 0.5) is 0 Å². The number of piperidine rings is 1. The molecular weight excluding hydrogens is 214 g/mol. The fourth-order valence-corrected chi connectivity index (χ4v) is 3.51. The number of hydrogen-bond acceptors (Lipinski definition) is 2. The lowest BCUT2D eigenvalue weighted by Gasteiger charge is -2.43. The minimum atomic E-state index is -0.607. The average Bonchev–Trinajstić information content (AvgIpc) is 2.28. The summed E-state index contributed by atoms with van der Waals surface area (Å²) in [6.45, 7) is 6.57. The normalized spacial score (nSPS) is 34.5. The average molecular weight is 239 g/mol. The second-order valence-corrected chi connectivity index (χ2v) is 6.59. The third kappa shape index (κ3) is 3.21. The number of carbonyl (C=O) groups is 1. The SMILES string of the molecule is CC1(C)CCCC(N2CCCC(C(=O)O)C2)C1. The minimum Gasteiger partial charge on any atom is -0.481 e. The maximum atomic E-state index is 11.1. The van der Waals surface area contributed by atoms with E-state index in [0.29, 0.717) is 11.5 Å². The van der Waals surface area contributed by atoms with Gasteiger partial charge in [0.05, 0.1) is 5.92 Å². The molecule has 0 bridgehead atoms. The summed E-state index contributed by atoms with van der Waals surface area (Å²) in [6.07, 6.45) is 7.02. The minimum absolute atomic E-state index is 0.131. The third-order valence-corrected chi connectivity index (χ3v) is 4.50. The Kier molecular flexibility index (Phi) is 3.76. The summed E-state index contributed by atoms with van der Waals surface area (Å²) in [5.41, 5.74) is 0.444. The van der Waals surface area contributed by atoms with Gasteiger partial charge in [-0.1, -0.05) is 20.3 Å². The van der Waals surface area contributed by atoms with Gasteiger partial charge in [-0.25, -0.2) is 0 Å². The molecule has 1 saturated carbocycles. The van der Waals surface area contributed by atoms with E-state index in [1.807, 2.05) is 0 Å². The van der Waals surface area contributed by atoms with Crippen molar-refractivity contribution in [3.63, 3.8) is 0 Å². The van der Waals surface area contributed by atoms with Gasteiger partial charge in [0.1, 0.15) is 0 Å². The van der Waals surface area contributed by atoms with Crippen LogP contribution in [0.5, 0.6) is 0 Å². The Labute approximate surface area is 104 Å². The second kappa shape index (κ2) is 4.97. The zero-order valence-corrected chi connectivity index (χ0v) is 11.1. The van der Waals surface area contributed by atoms with Gasteiger partial charge in [0, 0.05) is 12.6 Å². The van der Waals surface area contributed by atoms with Gasteiger partial charge in [-0.3, -0.25) is 9.69 Å². The van der Waals surface area contributed by atoms with Gasteiger partial charge in [-0.05, 0) is 44.1 Å². The Balaban J connectivity index is 1.95.